The van der Waals surface area contributed by atoms with Gasteiger partial charge >= 0.3 is 0 Å². The third-order valence-corrected chi connectivity index (χ3v) is 4.65. The molecule has 0 aromatic heterocycles. The highest BCUT2D eigenvalue weighted by Gasteiger charge is 2.34. The van der Waals surface area contributed by atoms with Crippen molar-refractivity contribution in [3.8, 4) is 6.07 Å². The Morgan fingerprint density at radius 3 is 2.76 bits per heavy atom. The lowest BCUT2D eigenvalue weighted by Gasteiger charge is -2.24. The standard InChI is InChI=1S/C16H18BrN3O/c17-14-4-5-15(13(10-14)11-18)19-6-1-7-20(9-8-19)16(21)12-2-3-12/h4-5,10,12H,1-3,6-9H2. The quantitative estimate of drug-likeness (QED) is 0.826. The molecular weight excluding hydrogens is 330 g/mol. The van der Waals surface area contributed by atoms with Crippen molar-refractivity contribution < 1.29 is 4.79 Å². The predicted octanol–water partition coefficient (Wildman–Crippen LogP) is 2.77. The molecule has 1 saturated carbocycles. The maximum Gasteiger partial charge on any atom is 0.225 e. The van der Waals surface area contributed by atoms with Crippen LogP contribution in [0.25, 0.3) is 0 Å². The predicted molar refractivity (Wildman–Crippen MR) is 85.0 cm³/mol. The minimum absolute atomic E-state index is 0.291. The van der Waals surface area contributed by atoms with Gasteiger partial charge < -0.3 is 9.80 Å². The number of benzene rings is 1. The second kappa shape index (κ2) is 6.07. The van der Waals surface area contributed by atoms with E-state index in [1.165, 1.54) is 0 Å². The molecule has 110 valence electrons. The SMILES string of the molecule is N#Cc1cc(Br)ccc1N1CCCN(C(=O)C2CC2)CC1. The summed E-state index contributed by atoms with van der Waals surface area (Å²) in [5, 5.41) is 9.30. The van der Waals surface area contributed by atoms with Gasteiger partial charge in [-0.1, -0.05) is 15.9 Å². The van der Waals surface area contributed by atoms with Gasteiger partial charge in [0, 0.05) is 36.6 Å². The fourth-order valence-corrected chi connectivity index (χ4v) is 3.20. The lowest BCUT2D eigenvalue weighted by atomic mass is 10.1. The third kappa shape index (κ3) is 3.21. The summed E-state index contributed by atoms with van der Waals surface area (Å²) < 4.78 is 0.920. The lowest BCUT2D eigenvalue weighted by molar-refractivity contribution is -0.132. The molecule has 1 amide bonds. The van der Waals surface area contributed by atoms with E-state index >= 15 is 0 Å². The highest BCUT2D eigenvalue weighted by molar-refractivity contribution is 9.10. The number of carbonyl (C=O) groups excluding carboxylic acids is 1. The molecule has 1 aromatic carbocycles. The van der Waals surface area contributed by atoms with Crippen molar-refractivity contribution in [2.45, 2.75) is 19.3 Å². The molecule has 0 spiro atoms. The summed E-state index contributed by atoms with van der Waals surface area (Å²) in [6.45, 7) is 3.29. The zero-order valence-corrected chi connectivity index (χ0v) is 13.5. The van der Waals surface area contributed by atoms with E-state index in [1.807, 2.05) is 23.1 Å². The van der Waals surface area contributed by atoms with Crippen LogP contribution in [0.15, 0.2) is 22.7 Å². The Bertz CT molecular complexity index is 592. The van der Waals surface area contributed by atoms with Crippen molar-refractivity contribution in [3.63, 3.8) is 0 Å². The van der Waals surface area contributed by atoms with E-state index < -0.39 is 0 Å². The van der Waals surface area contributed by atoms with Gasteiger partial charge in [-0.15, -0.1) is 0 Å². The number of hydrogen-bond donors (Lipinski definition) is 0. The zero-order valence-electron chi connectivity index (χ0n) is 11.9. The van der Waals surface area contributed by atoms with E-state index in [0.29, 0.717) is 17.4 Å². The molecule has 1 aliphatic carbocycles. The smallest absolute Gasteiger partial charge is 0.225 e. The van der Waals surface area contributed by atoms with E-state index in [2.05, 4.69) is 26.9 Å². The molecule has 0 atom stereocenters. The Hall–Kier alpha value is -1.54. The Morgan fingerprint density at radius 2 is 2.05 bits per heavy atom. The van der Waals surface area contributed by atoms with Crippen LogP contribution >= 0.6 is 15.9 Å². The second-order valence-electron chi connectivity index (χ2n) is 5.71. The van der Waals surface area contributed by atoms with Gasteiger partial charge in [0.25, 0.3) is 0 Å². The van der Waals surface area contributed by atoms with E-state index in [1.54, 1.807) is 0 Å². The zero-order chi connectivity index (χ0) is 14.8. The Labute approximate surface area is 133 Å². The number of rotatable bonds is 2. The van der Waals surface area contributed by atoms with Crippen LogP contribution in [0.1, 0.15) is 24.8 Å². The van der Waals surface area contributed by atoms with Gasteiger partial charge in [0.1, 0.15) is 6.07 Å². The first-order valence-electron chi connectivity index (χ1n) is 7.42. The third-order valence-electron chi connectivity index (χ3n) is 4.15. The van der Waals surface area contributed by atoms with Gasteiger partial charge in [0.2, 0.25) is 5.91 Å². The van der Waals surface area contributed by atoms with Crippen molar-refractivity contribution >= 4 is 27.5 Å². The molecule has 0 radical (unpaired) electrons. The number of nitriles is 1. The summed E-state index contributed by atoms with van der Waals surface area (Å²) in [5.74, 6) is 0.618. The van der Waals surface area contributed by atoms with Crippen LogP contribution in [-0.4, -0.2) is 37.0 Å². The number of anilines is 1. The summed E-state index contributed by atoms with van der Waals surface area (Å²) in [5.41, 5.74) is 1.66. The summed E-state index contributed by atoms with van der Waals surface area (Å²) in [6.07, 6.45) is 3.08. The summed E-state index contributed by atoms with van der Waals surface area (Å²) in [6, 6.07) is 8.07. The molecule has 1 aliphatic heterocycles. The maximum atomic E-state index is 12.2. The minimum Gasteiger partial charge on any atom is -0.369 e. The summed E-state index contributed by atoms with van der Waals surface area (Å²) >= 11 is 3.41. The Balaban J connectivity index is 1.73. The molecule has 21 heavy (non-hydrogen) atoms. The highest BCUT2D eigenvalue weighted by atomic mass is 79.9. The van der Waals surface area contributed by atoms with E-state index in [4.69, 9.17) is 0 Å². The molecule has 0 N–H and O–H groups in total. The average molecular weight is 348 g/mol. The largest absolute Gasteiger partial charge is 0.369 e. The van der Waals surface area contributed by atoms with Gasteiger partial charge in [0.15, 0.2) is 0 Å². The molecule has 1 saturated heterocycles. The van der Waals surface area contributed by atoms with Crippen molar-refractivity contribution in [3.05, 3.63) is 28.2 Å². The molecular formula is C16H18BrN3O. The number of hydrogen-bond acceptors (Lipinski definition) is 3. The molecule has 1 heterocycles. The molecule has 0 bridgehead atoms. The van der Waals surface area contributed by atoms with Crippen LogP contribution in [0.2, 0.25) is 0 Å². The van der Waals surface area contributed by atoms with E-state index in [9.17, 15) is 10.1 Å². The van der Waals surface area contributed by atoms with Crippen LogP contribution in [0.3, 0.4) is 0 Å². The van der Waals surface area contributed by atoms with Gasteiger partial charge in [-0.2, -0.15) is 5.26 Å². The van der Waals surface area contributed by atoms with Crippen molar-refractivity contribution in [1.82, 2.24) is 4.90 Å². The average Bonchev–Trinajstić information content (AvgIpc) is 3.33. The highest BCUT2D eigenvalue weighted by Crippen LogP contribution is 2.31. The Morgan fingerprint density at radius 1 is 1.24 bits per heavy atom. The summed E-state index contributed by atoms with van der Waals surface area (Å²) in [4.78, 5) is 16.4. The van der Waals surface area contributed by atoms with Crippen LogP contribution in [0, 0.1) is 17.2 Å². The molecule has 1 aromatic rings. The molecule has 3 rings (SSSR count). The molecule has 0 unspecified atom stereocenters. The first-order valence-corrected chi connectivity index (χ1v) is 8.22. The fourth-order valence-electron chi connectivity index (χ4n) is 2.84. The molecule has 5 heteroatoms. The lowest BCUT2D eigenvalue weighted by Crippen LogP contribution is -2.36. The number of amides is 1. The Kier molecular flexibility index (Phi) is 4.16. The topological polar surface area (TPSA) is 47.3 Å². The second-order valence-corrected chi connectivity index (χ2v) is 6.63. The van der Waals surface area contributed by atoms with Crippen LogP contribution in [-0.2, 0) is 4.79 Å². The van der Waals surface area contributed by atoms with Gasteiger partial charge in [-0.25, -0.2) is 0 Å². The number of nitrogens with zero attached hydrogens (tertiary/aromatic N) is 3. The fraction of sp³-hybridized carbons (Fsp3) is 0.500. The van der Waals surface area contributed by atoms with Gasteiger partial charge in [-0.05, 0) is 37.5 Å². The molecule has 2 fully saturated rings. The molecule has 4 nitrogen and oxygen atoms in total. The first-order chi connectivity index (χ1) is 10.2. The van der Waals surface area contributed by atoms with Crippen LogP contribution in [0.4, 0.5) is 5.69 Å². The number of carbonyl (C=O) groups is 1. The van der Waals surface area contributed by atoms with Crippen molar-refractivity contribution in [2.75, 3.05) is 31.1 Å². The van der Waals surface area contributed by atoms with Crippen molar-refractivity contribution in [2.24, 2.45) is 5.92 Å². The van der Waals surface area contributed by atoms with Gasteiger partial charge in [0.05, 0.1) is 11.3 Å². The minimum atomic E-state index is 0.291. The first kappa shape index (κ1) is 14.4. The van der Waals surface area contributed by atoms with E-state index in [0.717, 1.165) is 55.6 Å². The normalized spacial score (nSPS) is 19.0. The van der Waals surface area contributed by atoms with Crippen LogP contribution in [0.5, 0.6) is 0 Å². The van der Waals surface area contributed by atoms with Crippen molar-refractivity contribution in [1.29, 1.82) is 5.26 Å². The van der Waals surface area contributed by atoms with Crippen LogP contribution < -0.4 is 4.90 Å². The summed E-state index contributed by atoms with van der Waals surface area (Å²) in [7, 11) is 0. The molecule has 2 aliphatic rings. The van der Waals surface area contributed by atoms with E-state index in [-0.39, 0.29) is 0 Å². The number of halogens is 1. The van der Waals surface area contributed by atoms with Gasteiger partial charge in [-0.3, -0.25) is 4.79 Å². The monoisotopic (exact) mass is 347 g/mol. The maximum absolute atomic E-state index is 12.2.